The van der Waals surface area contributed by atoms with Gasteiger partial charge in [0.2, 0.25) is 17.7 Å². The summed E-state index contributed by atoms with van der Waals surface area (Å²) in [7, 11) is 0. The Hall–Kier alpha value is -2.70. The highest BCUT2D eigenvalue weighted by Crippen LogP contribution is 2.38. The highest BCUT2D eigenvalue weighted by molar-refractivity contribution is 6.05. The quantitative estimate of drug-likeness (QED) is 0.808. The predicted molar refractivity (Wildman–Crippen MR) is 107 cm³/mol. The zero-order chi connectivity index (χ0) is 20.0. The Balaban J connectivity index is 1.26. The summed E-state index contributed by atoms with van der Waals surface area (Å²) in [6, 6.07) is 7.79. The molecule has 0 radical (unpaired) electrons. The molecule has 1 N–H and O–H groups in total. The highest BCUT2D eigenvalue weighted by atomic mass is 16.2. The molecule has 0 spiro atoms. The van der Waals surface area contributed by atoms with Crippen LogP contribution in [0.1, 0.15) is 56.8 Å². The van der Waals surface area contributed by atoms with Gasteiger partial charge in [0.05, 0.1) is 28.9 Å². The molecule has 1 aromatic carbocycles. The lowest BCUT2D eigenvalue weighted by Gasteiger charge is -2.24. The smallest absolute Gasteiger partial charge is 0.233 e. The molecular weight excluding hydrogens is 368 g/mol. The molecule has 2 aromatic rings. The number of para-hydroxylation sites is 2. The fraction of sp³-hybridized carbons (Fsp3) is 0.545. The van der Waals surface area contributed by atoms with Crippen LogP contribution in [-0.2, 0) is 14.4 Å². The van der Waals surface area contributed by atoms with Gasteiger partial charge in [-0.05, 0) is 37.8 Å². The maximum atomic E-state index is 13.0. The van der Waals surface area contributed by atoms with Crippen molar-refractivity contribution >= 4 is 28.8 Å². The Labute approximate surface area is 169 Å². The van der Waals surface area contributed by atoms with E-state index in [9.17, 15) is 14.4 Å². The maximum absolute atomic E-state index is 13.0. The fourth-order valence-corrected chi connectivity index (χ4v) is 5.28. The number of likely N-dealkylation sites (tertiary alicyclic amines) is 2. The number of fused-ring (bicyclic) bond motifs is 2. The van der Waals surface area contributed by atoms with E-state index >= 15 is 0 Å². The van der Waals surface area contributed by atoms with E-state index in [1.165, 1.54) is 4.90 Å². The number of imidazole rings is 1. The number of amides is 3. The van der Waals surface area contributed by atoms with Crippen molar-refractivity contribution in [3.05, 3.63) is 30.1 Å². The van der Waals surface area contributed by atoms with Gasteiger partial charge in [-0.15, -0.1) is 0 Å². The summed E-state index contributed by atoms with van der Waals surface area (Å²) in [6.45, 7) is 0.889. The third-order valence-corrected chi connectivity index (χ3v) is 6.78. The van der Waals surface area contributed by atoms with Crippen LogP contribution >= 0.6 is 0 Å². The van der Waals surface area contributed by atoms with Gasteiger partial charge in [-0.2, -0.15) is 0 Å². The van der Waals surface area contributed by atoms with Gasteiger partial charge >= 0.3 is 0 Å². The van der Waals surface area contributed by atoms with Crippen LogP contribution in [0.4, 0.5) is 0 Å². The van der Waals surface area contributed by atoms with E-state index in [-0.39, 0.29) is 48.6 Å². The number of aromatic nitrogens is 2. The van der Waals surface area contributed by atoms with Crippen molar-refractivity contribution in [3.63, 3.8) is 0 Å². The molecule has 152 valence electrons. The van der Waals surface area contributed by atoms with Gasteiger partial charge in [0.25, 0.3) is 0 Å². The van der Waals surface area contributed by atoms with Crippen molar-refractivity contribution in [3.8, 4) is 0 Å². The number of aromatic amines is 1. The molecule has 0 bridgehead atoms. The molecule has 1 aliphatic carbocycles. The van der Waals surface area contributed by atoms with E-state index in [0.29, 0.717) is 6.54 Å². The molecule has 0 unspecified atom stereocenters. The summed E-state index contributed by atoms with van der Waals surface area (Å²) >= 11 is 0. The van der Waals surface area contributed by atoms with Crippen molar-refractivity contribution in [2.75, 3.05) is 13.1 Å². The number of nitrogens with zero attached hydrogens (tertiary/aromatic N) is 3. The van der Waals surface area contributed by atoms with Crippen molar-refractivity contribution in [2.24, 2.45) is 11.8 Å². The predicted octanol–water partition coefficient (Wildman–Crippen LogP) is 2.79. The lowest BCUT2D eigenvalue weighted by atomic mass is 9.81. The van der Waals surface area contributed by atoms with E-state index in [4.69, 9.17) is 0 Å². The Kier molecular flexibility index (Phi) is 4.60. The molecule has 1 aromatic heterocycles. The molecule has 3 heterocycles. The van der Waals surface area contributed by atoms with Crippen molar-refractivity contribution in [2.45, 2.75) is 51.0 Å². The summed E-state index contributed by atoms with van der Waals surface area (Å²) < 4.78 is 0. The topological polar surface area (TPSA) is 86.4 Å². The molecule has 7 nitrogen and oxygen atoms in total. The van der Waals surface area contributed by atoms with Gasteiger partial charge < -0.3 is 9.88 Å². The molecule has 3 aliphatic rings. The second-order valence-corrected chi connectivity index (χ2v) is 8.46. The van der Waals surface area contributed by atoms with Crippen LogP contribution in [0.3, 0.4) is 0 Å². The Morgan fingerprint density at radius 3 is 2.48 bits per heavy atom. The molecular formula is C22H26N4O3. The number of hydrogen-bond acceptors (Lipinski definition) is 4. The fourth-order valence-electron chi connectivity index (χ4n) is 5.28. The summed E-state index contributed by atoms with van der Waals surface area (Å²) in [5.74, 6) is 0.369. The van der Waals surface area contributed by atoms with E-state index in [0.717, 1.165) is 55.4 Å². The highest BCUT2D eigenvalue weighted by Gasteiger charge is 2.48. The number of carbonyl (C=O) groups is 3. The van der Waals surface area contributed by atoms with Gasteiger partial charge in [-0.1, -0.05) is 25.0 Å². The molecule has 29 heavy (non-hydrogen) atoms. The van der Waals surface area contributed by atoms with Gasteiger partial charge in [0.1, 0.15) is 5.82 Å². The average molecular weight is 394 g/mol. The third kappa shape index (κ3) is 3.12. The molecule has 3 amide bonds. The van der Waals surface area contributed by atoms with Gasteiger partial charge in [0.15, 0.2) is 0 Å². The minimum Gasteiger partial charge on any atom is -0.340 e. The lowest BCUT2D eigenvalue weighted by Crippen LogP contribution is -2.37. The second-order valence-electron chi connectivity index (χ2n) is 8.46. The Bertz CT molecular complexity index is 911. The number of rotatable bonds is 4. The van der Waals surface area contributed by atoms with Crippen LogP contribution in [0.25, 0.3) is 11.0 Å². The summed E-state index contributed by atoms with van der Waals surface area (Å²) in [4.78, 5) is 49.5. The monoisotopic (exact) mass is 394 g/mol. The van der Waals surface area contributed by atoms with E-state index < -0.39 is 0 Å². The molecule has 5 rings (SSSR count). The molecule has 2 aliphatic heterocycles. The minimum absolute atomic E-state index is 0.0107. The van der Waals surface area contributed by atoms with Crippen LogP contribution in [0.2, 0.25) is 0 Å². The van der Waals surface area contributed by atoms with E-state index in [1.54, 1.807) is 0 Å². The molecule has 3 atom stereocenters. The maximum Gasteiger partial charge on any atom is 0.233 e. The number of hydrogen-bond donors (Lipinski definition) is 1. The van der Waals surface area contributed by atoms with Crippen molar-refractivity contribution in [1.82, 2.24) is 19.8 Å². The third-order valence-electron chi connectivity index (χ3n) is 6.78. The normalized spacial score (nSPS) is 27.1. The summed E-state index contributed by atoms with van der Waals surface area (Å²) in [5.41, 5.74) is 1.87. The van der Waals surface area contributed by atoms with Crippen LogP contribution in [-0.4, -0.2) is 50.6 Å². The molecule has 1 saturated carbocycles. The van der Waals surface area contributed by atoms with Crippen molar-refractivity contribution < 1.29 is 14.4 Å². The first kappa shape index (κ1) is 18.3. The van der Waals surface area contributed by atoms with Gasteiger partial charge in [-0.25, -0.2) is 4.98 Å². The van der Waals surface area contributed by atoms with Gasteiger partial charge in [-0.3, -0.25) is 19.3 Å². The Morgan fingerprint density at radius 1 is 1.03 bits per heavy atom. The number of imide groups is 1. The summed E-state index contributed by atoms with van der Waals surface area (Å²) in [5, 5.41) is 0. The lowest BCUT2D eigenvalue weighted by molar-refractivity contribution is -0.141. The van der Waals surface area contributed by atoms with Crippen LogP contribution in [0, 0.1) is 11.8 Å². The first-order valence-electron chi connectivity index (χ1n) is 10.7. The standard InChI is InChI=1S/C22H26N4O3/c27-19(11-13-26-21(28)14-6-1-2-7-15(14)22(26)29)25-12-5-10-18(25)20-23-16-8-3-4-9-17(16)24-20/h3-4,8-9,14-15,18H,1-2,5-7,10-13H2,(H,23,24)/t14-,15-,18-/m0/s1. The van der Waals surface area contributed by atoms with Crippen LogP contribution in [0.15, 0.2) is 24.3 Å². The molecule has 7 heteroatoms. The SMILES string of the molecule is O=C1[C@H]2CCCC[C@@H]2C(=O)N1CCC(=O)N1CCC[C@H]1c1nc2ccccc2[nH]1. The average Bonchev–Trinajstić information content (AvgIpc) is 3.44. The van der Waals surface area contributed by atoms with E-state index in [2.05, 4.69) is 9.97 Å². The number of carbonyl (C=O) groups excluding carboxylic acids is 3. The number of H-pyrrole nitrogens is 1. The largest absolute Gasteiger partial charge is 0.340 e. The number of benzene rings is 1. The first-order chi connectivity index (χ1) is 14.1. The zero-order valence-corrected chi connectivity index (χ0v) is 16.5. The number of nitrogens with one attached hydrogen (secondary N) is 1. The summed E-state index contributed by atoms with van der Waals surface area (Å²) in [6.07, 6.45) is 5.63. The molecule has 3 fully saturated rings. The Morgan fingerprint density at radius 2 is 1.76 bits per heavy atom. The van der Waals surface area contributed by atoms with Gasteiger partial charge in [0, 0.05) is 19.5 Å². The first-order valence-corrected chi connectivity index (χ1v) is 10.7. The van der Waals surface area contributed by atoms with Crippen molar-refractivity contribution in [1.29, 1.82) is 0 Å². The van der Waals surface area contributed by atoms with Crippen LogP contribution < -0.4 is 0 Å². The molecule has 2 saturated heterocycles. The zero-order valence-electron chi connectivity index (χ0n) is 16.5. The van der Waals surface area contributed by atoms with Crippen LogP contribution in [0.5, 0.6) is 0 Å². The second kappa shape index (κ2) is 7.28. The van der Waals surface area contributed by atoms with E-state index in [1.807, 2.05) is 29.2 Å². The minimum atomic E-state index is -0.151.